The highest BCUT2D eigenvalue weighted by atomic mass is 35.5. The number of pyridine rings is 1. The average Bonchev–Trinajstić information content (AvgIpc) is 2.98. The number of benzene rings is 1. The van der Waals surface area contributed by atoms with E-state index in [1.165, 1.54) is 6.07 Å². The van der Waals surface area contributed by atoms with E-state index in [9.17, 15) is 4.79 Å². The second kappa shape index (κ2) is 6.97. The average molecular weight is 346 g/mol. The molecule has 0 aliphatic rings. The molecule has 0 bridgehead atoms. The summed E-state index contributed by atoms with van der Waals surface area (Å²) < 4.78 is 10.4. The largest absolute Gasteiger partial charge is 0.452 e. The van der Waals surface area contributed by atoms with Crippen LogP contribution in [0.15, 0.2) is 34.9 Å². The van der Waals surface area contributed by atoms with E-state index in [0.717, 1.165) is 0 Å². The fourth-order valence-electron chi connectivity index (χ4n) is 2.31. The number of para-hydroxylation sites is 1. The summed E-state index contributed by atoms with van der Waals surface area (Å²) in [5.74, 6) is 0.777. The van der Waals surface area contributed by atoms with Crippen LogP contribution in [0.3, 0.4) is 0 Å². The van der Waals surface area contributed by atoms with Crippen LogP contribution in [0, 0.1) is 5.92 Å². The number of esters is 1. The molecule has 0 N–H and O–H groups in total. The summed E-state index contributed by atoms with van der Waals surface area (Å²) in [4.78, 5) is 20.8. The van der Waals surface area contributed by atoms with Gasteiger partial charge in [0, 0.05) is 11.8 Å². The van der Waals surface area contributed by atoms with Crippen LogP contribution in [0.2, 0.25) is 5.15 Å². The Bertz CT molecular complexity index is 876. The number of nitrogens with zero attached hydrogens (tertiary/aromatic N) is 3. The van der Waals surface area contributed by atoms with E-state index >= 15 is 0 Å². The zero-order valence-electron chi connectivity index (χ0n) is 13.3. The molecule has 0 spiro atoms. The van der Waals surface area contributed by atoms with E-state index in [1.54, 1.807) is 12.1 Å². The van der Waals surface area contributed by atoms with Crippen molar-refractivity contribution in [2.75, 3.05) is 0 Å². The second-order valence-corrected chi connectivity index (χ2v) is 6.18. The molecule has 0 saturated carbocycles. The van der Waals surface area contributed by atoms with Gasteiger partial charge in [-0.05, 0) is 18.1 Å². The van der Waals surface area contributed by atoms with Crippen LogP contribution in [0.25, 0.3) is 10.9 Å². The summed E-state index contributed by atoms with van der Waals surface area (Å²) in [5, 5.41) is 4.78. The topological polar surface area (TPSA) is 78.1 Å². The van der Waals surface area contributed by atoms with Gasteiger partial charge in [0.25, 0.3) is 5.89 Å². The molecule has 0 unspecified atom stereocenters. The minimum Gasteiger partial charge on any atom is -0.452 e. The van der Waals surface area contributed by atoms with E-state index in [-0.39, 0.29) is 17.7 Å². The summed E-state index contributed by atoms with van der Waals surface area (Å²) >= 11 is 5.98. The lowest BCUT2D eigenvalue weighted by Gasteiger charge is -2.06. The molecule has 2 aromatic heterocycles. The quantitative estimate of drug-likeness (QED) is 0.516. The molecule has 1 aromatic carbocycles. The molecule has 3 aromatic rings. The second-order valence-electron chi connectivity index (χ2n) is 5.79. The minimum absolute atomic E-state index is 0.0851. The van der Waals surface area contributed by atoms with Gasteiger partial charge in [-0.1, -0.05) is 48.8 Å². The smallest absolute Gasteiger partial charge is 0.339 e. The number of aromatic nitrogens is 3. The third-order valence-electron chi connectivity index (χ3n) is 3.33. The molecule has 124 valence electrons. The van der Waals surface area contributed by atoms with Gasteiger partial charge >= 0.3 is 5.97 Å². The zero-order chi connectivity index (χ0) is 17.1. The summed E-state index contributed by atoms with van der Waals surface area (Å²) in [6.07, 6.45) is 0.710. The van der Waals surface area contributed by atoms with Crippen molar-refractivity contribution in [3.8, 4) is 0 Å². The number of carbonyl (C=O) groups excluding carboxylic acids is 1. The Morgan fingerprint density at radius 1 is 1.29 bits per heavy atom. The van der Waals surface area contributed by atoms with Crippen LogP contribution in [-0.2, 0) is 17.8 Å². The molecule has 6 nitrogen and oxygen atoms in total. The van der Waals surface area contributed by atoms with Gasteiger partial charge in [-0.2, -0.15) is 4.98 Å². The Morgan fingerprint density at radius 2 is 2.08 bits per heavy atom. The molecule has 0 radical (unpaired) electrons. The Labute approximate surface area is 143 Å². The van der Waals surface area contributed by atoms with Crippen molar-refractivity contribution in [2.24, 2.45) is 5.92 Å². The maximum absolute atomic E-state index is 12.4. The van der Waals surface area contributed by atoms with Gasteiger partial charge in [0.2, 0.25) is 0 Å². The SMILES string of the molecule is CC(C)Cc1noc(COC(=O)c2cc(Cl)nc3ccccc23)n1. The zero-order valence-corrected chi connectivity index (χ0v) is 14.1. The van der Waals surface area contributed by atoms with E-state index in [0.29, 0.717) is 34.6 Å². The maximum Gasteiger partial charge on any atom is 0.339 e. The van der Waals surface area contributed by atoms with Crippen LogP contribution < -0.4 is 0 Å². The highest BCUT2D eigenvalue weighted by Gasteiger charge is 2.16. The Hall–Kier alpha value is -2.47. The number of ether oxygens (including phenoxy) is 1. The third-order valence-corrected chi connectivity index (χ3v) is 3.53. The predicted molar refractivity (Wildman–Crippen MR) is 88.7 cm³/mol. The molecule has 0 aliphatic heterocycles. The normalized spacial score (nSPS) is 11.2. The molecule has 0 aliphatic carbocycles. The lowest BCUT2D eigenvalue weighted by molar-refractivity contribution is 0.0432. The molecule has 3 rings (SSSR count). The van der Waals surface area contributed by atoms with E-state index in [2.05, 4.69) is 29.0 Å². The molecule has 0 fully saturated rings. The molecule has 24 heavy (non-hydrogen) atoms. The highest BCUT2D eigenvalue weighted by molar-refractivity contribution is 6.30. The number of carbonyl (C=O) groups is 1. The minimum atomic E-state index is -0.515. The van der Waals surface area contributed by atoms with Crippen LogP contribution in [0.5, 0.6) is 0 Å². The molecular formula is C17H16ClN3O3. The van der Waals surface area contributed by atoms with Crippen LogP contribution in [0.1, 0.15) is 35.9 Å². The van der Waals surface area contributed by atoms with Crippen molar-refractivity contribution in [1.82, 2.24) is 15.1 Å². The summed E-state index contributed by atoms with van der Waals surface area (Å²) in [6, 6.07) is 8.72. The first-order valence-electron chi connectivity index (χ1n) is 7.57. The molecule has 0 saturated heterocycles. The van der Waals surface area contributed by atoms with Crippen molar-refractivity contribution in [3.63, 3.8) is 0 Å². The lowest BCUT2D eigenvalue weighted by atomic mass is 10.1. The van der Waals surface area contributed by atoms with Crippen molar-refractivity contribution in [3.05, 3.63) is 52.8 Å². The first-order valence-corrected chi connectivity index (χ1v) is 7.94. The summed E-state index contributed by atoms with van der Waals surface area (Å²) in [6.45, 7) is 4.04. The summed E-state index contributed by atoms with van der Waals surface area (Å²) in [5.41, 5.74) is 0.987. The number of hydrogen-bond acceptors (Lipinski definition) is 6. The van der Waals surface area contributed by atoms with Gasteiger partial charge in [-0.15, -0.1) is 0 Å². The number of fused-ring (bicyclic) bond motifs is 1. The number of rotatable bonds is 5. The molecule has 0 atom stereocenters. The van der Waals surface area contributed by atoms with Crippen molar-refractivity contribution in [2.45, 2.75) is 26.9 Å². The van der Waals surface area contributed by atoms with Crippen molar-refractivity contribution >= 4 is 28.5 Å². The van der Waals surface area contributed by atoms with Gasteiger partial charge in [0.05, 0.1) is 11.1 Å². The van der Waals surface area contributed by atoms with Gasteiger partial charge in [-0.25, -0.2) is 9.78 Å². The van der Waals surface area contributed by atoms with Gasteiger partial charge in [0.1, 0.15) is 5.15 Å². The Kier molecular flexibility index (Phi) is 4.76. The predicted octanol–water partition coefficient (Wildman–Crippen LogP) is 3.83. The van der Waals surface area contributed by atoms with Gasteiger partial charge in [-0.3, -0.25) is 0 Å². The molecule has 0 amide bonds. The van der Waals surface area contributed by atoms with Crippen LogP contribution in [0.4, 0.5) is 0 Å². The highest BCUT2D eigenvalue weighted by Crippen LogP contribution is 2.22. The lowest BCUT2D eigenvalue weighted by Crippen LogP contribution is -2.07. The van der Waals surface area contributed by atoms with E-state index in [1.807, 2.05) is 12.1 Å². The Morgan fingerprint density at radius 3 is 2.88 bits per heavy atom. The Balaban J connectivity index is 1.75. The van der Waals surface area contributed by atoms with E-state index < -0.39 is 5.97 Å². The maximum atomic E-state index is 12.4. The molecular weight excluding hydrogens is 330 g/mol. The molecule has 7 heteroatoms. The number of hydrogen-bond donors (Lipinski definition) is 0. The first kappa shape index (κ1) is 16.4. The van der Waals surface area contributed by atoms with Gasteiger partial charge in [0.15, 0.2) is 12.4 Å². The van der Waals surface area contributed by atoms with E-state index in [4.69, 9.17) is 20.9 Å². The van der Waals surface area contributed by atoms with Crippen LogP contribution in [-0.4, -0.2) is 21.1 Å². The monoisotopic (exact) mass is 345 g/mol. The fourth-order valence-corrected chi connectivity index (χ4v) is 2.51. The number of halogens is 1. The fraction of sp³-hybridized carbons (Fsp3) is 0.294. The first-order chi connectivity index (χ1) is 11.5. The summed E-state index contributed by atoms with van der Waals surface area (Å²) in [7, 11) is 0. The van der Waals surface area contributed by atoms with Crippen molar-refractivity contribution in [1.29, 1.82) is 0 Å². The van der Waals surface area contributed by atoms with Gasteiger partial charge < -0.3 is 9.26 Å². The van der Waals surface area contributed by atoms with Crippen molar-refractivity contribution < 1.29 is 14.1 Å². The van der Waals surface area contributed by atoms with Crippen LogP contribution >= 0.6 is 11.6 Å². The molecule has 2 heterocycles. The standard InChI is InChI=1S/C17H16ClN3O3/c1-10(2)7-15-20-16(24-21-15)9-23-17(22)12-8-14(18)19-13-6-4-3-5-11(12)13/h3-6,8,10H,7,9H2,1-2H3. The third kappa shape index (κ3) is 3.71.